The lowest BCUT2D eigenvalue weighted by molar-refractivity contribution is 0.0984. The number of thiazole rings is 1. The Hall–Kier alpha value is -3.39. The molecule has 8 heteroatoms. The predicted molar refractivity (Wildman–Crippen MR) is 105 cm³/mol. The summed E-state index contributed by atoms with van der Waals surface area (Å²) >= 11 is 1.52. The van der Waals surface area contributed by atoms with Gasteiger partial charge in [-0.25, -0.2) is 19.0 Å². The summed E-state index contributed by atoms with van der Waals surface area (Å²) in [5.41, 5.74) is 1.79. The molecule has 140 valence electrons. The van der Waals surface area contributed by atoms with Gasteiger partial charge < -0.3 is 4.90 Å². The highest BCUT2D eigenvalue weighted by Crippen LogP contribution is 2.22. The van der Waals surface area contributed by atoms with E-state index >= 15 is 0 Å². The molecule has 0 saturated carbocycles. The van der Waals surface area contributed by atoms with Crippen molar-refractivity contribution >= 4 is 22.9 Å². The van der Waals surface area contributed by atoms with E-state index in [0.717, 1.165) is 10.7 Å². The lowest BCUT2D eigenvalue weighted by atomic mass is 10.2. The van der Waals surface area contributed by atoms with Crippen molar-refractivity contribution < 1.29 is 9.18 Å². The van der Waals surface area contributed by atoms with Crippen LogP contribution in [0.4, 0.5) is 10.1 Å². The van der Waals surface area contributed by atoms with Crippen LogP contribution in [0, 0.1) is 12.7 Å². The Balaban J connectivity index is 1.64. The van der Waals surface area contributed by atoms with Gasteiger partial charge >= 0.3 is 0 Å². The van der Waals surface area contributed by atoms with Crippen LogP contribution in [0.1, 0.15) is 21.1 Å². The summed E-state index contributed by atoms with van der Waals surface area (Å²) in [7, 11) is 0. The second kappa shape index (κ2) is 7.69. The van der Waals surface area contributed by atoms with E-state index in [1.807, 2.05) is 12.3 Å². The van der Waals surface area contributed by atoms with Crippen molar-refractivity contribution in [3.8, 4) is 5.82 Å². The van der Waals surface area contributed by atoms with E-state index in [0.29, 0.717) is 17.1 Å². The Morgan fingerprint density at radius 1 is 1.21 bits per heavy atom. The molecule has 0 radical (unpaired) electrons. The predicted octanol–water partition coefficient (Wildman–Crippen LogP) is 4.02. The van der Waals surface area contributed by atoms with Gasteiger partial charge in [-0.05, 0) is 49.4 Å². The highest BCUT2D eigenvalue weighted by molar-refractivity contribution is 7.09. The molecule has 0 fully saturated rings. The van der Waals surface area contributed by atoms with Gasteiger partial charge in [0.05, 0.1) is 22.8 Å². The van der Waals surface area contributed by atoms with Crippen LogP contribution in [-0.4, -0.2) is 25.7 Å². The van der Waals surface area contributed by atoms with Gasteiger partial charge in [0.15, 0.2) is 5.82 Å². The van der Waals surface area contributed by atoms with Gasteiger partial charge in [0.25, 0.3) is 5.91 Å². The number of benzene rings is 1. The standard InChI is InChI=1S/C20H16FN5OS/c1-14-24-17(13-28-14)12-25(18-6-4-16(21)5-7-18)20(27)15-3-8-19(22-11-15)26-10-2-9-23-26/h2-11,13H,12H2,1H3. The molecular formula is C20H16FN5OS. The molecule has 0 bridgehead atoms. The van der Waals surface area contributed by atoms with E-state index in [1.165, 1.54) is 29.7 Å². The highest BCUT2D eigenvalue weighted by atomic mass is 32.1. The van der Waals surface area contributed by atoms with Crippen LogP contribution in [0.5, 0.6) is 0 Å². The summed E-state index contributed by atoms with van der Waals surface area (Å²) in [4.78, 5) is 23.5. The minimum atomic E-state index is -0.356. The van der Waals surface area contributed by atoms with Gasteiger partial charge in [-0.1, -0.05) is 0 Å². The van der Waals surface area contributed by atoms with Gasteiger partial charge in [-0.15, -0.1) is 11.3 Å². The van der Waals surface area contributed by atoms with E-state index in [2.05, 4.69) is 15.1 Å². The molecule has 0 aliphatic rings. The number of aromatic nitrogens is 4. The number of hydrogen-bond acceptors (Lipinski definition) is 5. The molecule has 0 atom stereocenters. The Bertz CT molecular complexity index is 1070. The van der Waals surface area contributed by atoms with Crippen molar-refractivity contribution in [3.05, 3.63) is 88.5 Å². The van der Waals surface area contributed by atoms with Crippen LogP contribution >= 0.6 is 11.3 Å². The maximum Gasteiger partial charge on any atom is 0.260 e. The second-order valence-corrected chi connectivity index (χ2v) is 7.14. The first-order chi connectivity index (χ1) is 13.6. The third kappa shape index (κ3) is 3.81. The number of pyridine rings is 1. The number of hydrogen-bond donors (Lipinski definition) is 0. The Labute approximate surface area is 164 Å². The first kappa shape index (κ1) is 18.0. The highest BCUT2D eigenvalue weighted by Gasteiger charge is 2.20. The minimum absolute atomic E-state index is 0.239. The van der Waals surface area contributed by atoms with Crippen molar-refractivity contribution in [2.75, 3.05) is 4.90 Å². The summed E-state index contributed by atoms with van der Waals surface area (Å²) in [5.74, 6) is 0.0210. The fraction of sp³-hybridized carbons (Fsp3) is 0.100. The average molecular weight is 393 g/mol. The monoisotopic (exact) mass is 393 g/mol. The third-order valence-electron chi connectivity index (χ3n) is 4.10. The summed E-state index contributed by atoms with van der Waals surface area (Å²) in [6, 6.07) is 11.1. The first-order valence-corrected chi connectivity index (χ1v) is 9.42. The summed E-state index contributed by atoms with van der Waals surface area (Å²) in [6.07, 6.45) is 4.95. The molecule has 0 saturated heterocycles. The number of amides is 1. The van der Waals surface area contributed by atoms with Gasteiger partial charge in [0.2, 0.25) is 0 Å². The van der Waals surface area contributed by atoms with Crippen LogP contribution in [0.3, 0.4) is 0 Å². The molecule has 6 nitrogen and oxygen atoms in total. The van der Waals surface area contributed by atoms with Crippen LogP contribution < -0.4 is 4.90 Å². The Kier molecular flexibility index (Phi) is 4.94. The zero-order valence-corrected chi connectivity index (χ0v) is 15.8. The second-order valence-electron chi connectivity index (χ2n) is 6.08. The van der Waals surface area contributed by atoms with E-state index in [4.69, 9.17) is 0 Å². The summed E-state index contributed by atoms with van der Waals surface area (Å²) in [6.45, 7) is 2.20. The number of carbonyl (C=O) groups excluding carboxylic acids is 1. The van der Waals surface area contributed by atoms with E-state index in [1.54, 1.807) is 52.3 Å². The molecule has 1 aromatic carbocycles. The van der Waals surface area contributed by atoms with Crippen LogP contribution in [0.15, 0.2) is 66.4 Å². The summed E-state index contributed by atoms with van der Waals surface area (Å²) in [5, 5.41) is 6.96. The van der Waals surface area contributed by atoms with Crippen molar-refractivity contribution in [3.63, 3.8) is 0 Å². The van der Waals surface area contributed by atoms with Crippen LogP contribution in [0.2, 0.25) is 0 Å². The quantitative estimate of drug-likeness (QED) is 0.514. The number of halogens is 1. The lowest BCUT2D eigenvalue weighted by Gasteiger charge is -2.22. The molecule has 3 heterocycles. The van der Waals surface area contributed by atoms with E-state index < -0.39 is 0 Å². The molecule has 4 rings (SSSR count). The van der Waals surface area contributed by atoms with Crippen molar-refractivity contribution in [1.82, 2.24) is 19.7 Å². The maximum atomic E-state index is 13.4. The molecule has 0 N–H and O–H groups in total. The molecule has 0 unspecified atom stereocenters. The van der Waals surface area contributed by atoms with Gasteiger partial charge in [-0.2, -0.15) is 5.10 Å². The van der Waals surface area contributed by atoms with Gasteiger partial charge in [0, 0.05) is 29.7 Å². The fourth-order valence-electron chi connectivity index (χ4n) is 2.75. The van der Waals surface area contributed by atoms with Gasteiger partial charge in [-0.3, -0.25) is 4.79 Å². The van der Waals surface area contributed by atoms with E-state index in [-0.39, 0.29) is 18.3 Å². The van der Waals surface area contributed by atoms with Crippen LogP contribution in [-0.2, 0) is 6.54 Å². The Morgan fingerprint density at radius 2 is 2.04 bits per heavy atom. The number of carbonyl (C=O) groups is 1. The normalized spacial score (nSPS) is 10.8. The lowest BCUT2D eigenvalue weighted by Crippen LogP contribution is -2.30. The zero-order valence-electron chi connectivity index (χ0n) is 15.0. The summed E-state index contributed by atoms with van der Waals surface area (Å²) < 4.78 is 15.0. The van der Waals surface area contributed by atoms with E-state index in [9.17, 15) is 9.18 Å². The zero-order chi connectivity index (χ0) is 19.5. The molecule has 4 aromatic rings. The average Bonchev–Trinajstić information content (AvgIpc) is 3.39. The molecule has 3 aromatic heterocycles. The molecule has 0 aliphatic carbocycles. The fourth-order valence-corrected chi connectivity index (χ4v) is 3.36. The number of rotatable bonds is 5. The van der Waals surface area contributed by atoms with Gasteiger partial charge in [0.1, 0.15) is 5.82 Å². The van der Waals surface area contributed by atoms with Crippen molar-refractivity contribution in [2.45, 2.75) is 13.5 Å². The smallest absolute Gasteiger partial charge is 0.260 e. The number of anilines is 1. The molecule has 1 amide bonds. The van der Waals surface area contributed by atoms with Crippen molar-refractivity contribution in [2.24, 2.45) is 0 Å². The third-order valence-corrected chi connectivity index (χ3v) is 4.93. The molecular weight excluding hydrogens is 377 g/mol. The maximum absolute atomic E-state index is 13.4. The topological polar surface area (TPSA) is 63.9 Å². The Morgan fingerprint density at radius 3 is 2.64 bits per heavy atom. The van der Waals surface area contributed by atoms with Crippen molar-refractivity contribution in [1.29, 1.82) is 0 Å². The SMILES string of the molecule is Cc1nc(CN(C(=O)c2ccc(-n3cccn3)nc2)c2ccc(F)cc2)cs1. The first-order valence-electron chi connectivity index (χ1n) is 8.55. The number of aryl methyl sites for hydroxylation is 1. The van der Waals surface area contributed by atoms with Crippen LogP contribution in [0.25, 0.3) is 5.82 Å². The molecule has 28 heavy (non-hydrogen) atoms. The number of nitrogens with zero attached hydrogens (tertiary/aromatic N) is 5. The molecule has 0 aliphatic heterocycles. The minimum Gasteiger partial charge on any atom is -0.302 e. The largest absolute Gasteiger partial charge is 0.302 e. The molecule has 0 spiro atoms.